The molecule has 0 aromatic carbocycles. The molecule has 2 rings (SSSR count). The summed E-state index contributed by atoms with van der Waals surface area (Å²) in [5.74, 6) is -0.667. The molecule has 1 aromatic heterocycles. The van der Waals surface area contributed by atoms with Gasteiger partial charge in [0.15, 0.2) is 0 Å². The third-order valence-corrected chi connectivity index (χ3v) is 3.41. The topological polar surface area (TPSA) is 53.4 Å². The first kappa shape index (κ1) is 10.9. The third kappa shape index (κ3) is 1.87. The molecule has 0 aliphatic heterocycles. The molecule has 0 radical (unpaired) electrons. The van der Waals surface area contributed by atoms with Crippen LogP contribution in [0.15, 0.2) is 24.5 Å². The van der Waals surface area contributed by atoms with Gasteiger partial charge >= 0.3 is 5.97 Å². The highest BCUT2D eigenvalue weighted by Gasteiger charge is 2.45. The summed E-state index contributed by atoms with van der Waals surface area (Å²) < 4.78 is 0. The molecule has 1 N–H and O–H groups in total. The standard InChI is InChI=1S/C12H16N2O2/c1-14(10-3-7-13-8-4-10)9-12(11(15)16)5-2-6-12/h3-4,7-8H,2,5-6,9H2,1H3,(H,15,16). The smallest absolute Gasteiger partial charge is 0.311 e. The number of pyridine rings is 1. The van der Waals surface area contributed by atoms with Gasteiger partial charge < -0.3 is 10.0 Å². The number of nitrogens with zero attached hydrogens (tertiary/aromatic N) is 2. The minimum absolute atomic E-state index is 0.530. The molecule has 1 saturated carbocycles. The highest BCUT2D eigenvalue weighted by Crippen LogP contribution is 2.42. The minimum atomic E-state index is -0.667. The van der Waals surface area contributed by atoms with Crippen LogP contribution in [0.1, 0.15) is 19.3 Å². The fourth-order valence-electron chi connectivity index (χ4n) is 2.19. The first-order chi connectivity index (χ1) is 7.64. The number of carboxylic acid groups (broad SMARTS) is 1. The van der Waals surface area contributed by atoms with Crippen LogP contribution >= 0.6 is 0 Å². The maximum absolute atomic E-state index is 11.2. The number of aromatic nitrogens is 1. The lowest BCUT2D eigenvalue weighted by Gasteiger charge is -2.40. The van der Waals surface area contributed by atoms with Crippen LogP contribution in [-0.2, 0) is 4.79 Å². The van der Waals surface area contributed by atoms with E-state index in [0.29, 0.717) is 6.54 Å². The van der Waals surface area contributed by atoms with Crippen LogP contribution in [-0.4, -0.2) is 29.7 Å². The van der Waals surface area contributed by atoms with Gasteiger partial charge in [0.05, 0.1) is 5.41 Å². The second-order valence-corrected chi connectivity index (χ2v) is 4.50. The molecule has 4 heteroatoms. The zero-order valence-electron chi connectivity index (χ0n) is 9.39. The highest BCUT2D eigenvalue weighted by atomic mass is 16.4. The van der Waals surface area contributed by atoms with Gasteiger partial charge in [-0.05, 0) is 25.0 Å². The number of carboxylic acids is 1. The Bertz CT molecular complexity index is 374. The predicted molar refractivity (Wildman–Crippen MR) is 61.4 cm³/mol. The van der Waals surface area contributed by atoms with E-state index in [1.165, 1.54) is 0 Å². The van der Waals surface area contributed by atoms with E-state index in [1.807, 2.05) is 24.1 Å². The monoisotopic (exact) mass is 220 g/mol. The van der Waals surface area contributed by atoms with Crippen molar-refractivity contribution >= 4 is 11.7 Å². The fourth-order valence-corrected chi connectivity index (χ4v) is 2.19. The summed E-state index contributed by atoms with van der Waals surface area (Å²) in [4.78, 5) is 17.2. The molecule has 0 bridgehead atoms. The molecule has 16 heavy (non-hydrogen) atoms. The first-order valence-corrected chi connectivity index (χ1v) is 5.49. The molecule has 1 aromatic rings. The minimum Gasteiger partial charge on any atom is -0.481 e. The van der Waals surface area contributed by atoms with Gasteiger partial charge in [-0.3, -0.25) is 9.78 Å². The summed E-state index contributed by atoms with van der Waals surface area (Å²) in [6.07, 6.45) is 6.05. The zero-order valence-corrected chi connectivity index (χ0v) is 9.39. The Morgan fingerprint density at radius 2 is 2.12 bits per heavy atom. The van der Waals surface area contributed by atoms with Crippen molar-refractivity contribution in [2.75, 3.05) is 18.5 Å². The SMILES string of the molecule is CN(CC1(C(=O)O)CCC1)c1ccncc1. The molecule has 1 fully saturated rings. The molecule has 86 valence electrons. The van der Waals surface area contributed by atoms with Gasteiger partial charge in [0.25, 0.3) is 0 Å². The Morgan fingerprint density at radius 1 is 1.50 bits per heavy atom. The molecule has 0 atom stereocenters. The van der Waals surface area contributed by atoms with Crippen LogP contribution in [0.5, 0.6) is 0 Å². The summed E-state index contributed by atoms with van der Waals surface area (Å²) >= 11 is 0. The van der Waals surface area contributed by atoms with E-state index in [4.69, 9.17) is 0 Å². The van der Waals surface area contributed by atoms with Crippen molar-refractivity contribution in [1.29, 1.82) is 0 Å². The third-order valence-electron chi connectivity index (χ3n) is 3.41. The quantitative estimate of drug-likeness (QED) is 0.840. The van der Waals surface area contributed by atoms with E-state index in [0.717, 1.165) is 24.9 Å². The number of rotatable bonds is 4. The van der Waals surface area contributed by atoms with Crippen molar-refractivity contribution in [2.45, 2.75) is 19.3 Å². The van der Waals surface area contributed by atoms with E-state index < -0.39 is 11.4 Å². The lowest BCUT2D eigenvalue weighted by molar-refractivity contribution is -0.153. The van der Waals surface area contributed by atoms with Crippen LogP contribution in [0.3, 0.4) is 0 Å². The second-order valence-electron chi connectivity index (χ2n) is 4.50. The highest BCUT2D eigenvalue weighted by molar-refractivity contribution is 5.76. The van der Waals surface area contributed by atoms with Crippen LogP contribution in [0.4, 0.5) is 5.69 Å². The Kier molecular flexibility index (Phi) is 2.81. The van der Waals surface area contributed by atoms with Crippen LogP contribution in [0, 0.1) is 5.41 Å². The molecule has 0 saturated heterocycles. The Morgan fingerprint density at radius 3 is 2.56 bits per heavy atom. The average Bonchev–Trinajstić information content (AvgIpc) is 2.24. The van der Waals surface area contributed by atoms with E-state index >= 15 is 0 Å². The number of hydrogen-bond donors (Lipinski definition) is 1. The number of carbonyl (C=O) groups is 1. The summed E-state index contributed by atoms with van der Waals surface area (Å²) in [6, 6.07) is 3.79. The van der Waals surface area contributed by atoms with Crippen molar-refractivity contribution < 1.29 is 9.90 Å². The Balaban J connectivity index is 2.07. The molecule has 1 aliphatic carbocycles. The normalized spacial score (nSPS) is 17.6. The van der Waals surface area contributed by atoms with E-state index in [9.17, 15) is 9.90 Å². The van der Waals surface area contributed by atoms with Gasteiger partial charge in [-0.15, -0.1) is 0 Å². The molecule has 1 aliphatic rings. The summed E-state index contributed by atoms with van der Waals surface area (Å²) in [5, 5.41) is 9.24. The summed E-state index contributed by atoms with van der Waals surface area (Å²) in [5.41, 5.74) is 0.486. The molecule has 1 heterocycles. The largest absolute Gasteiger partial charge is 0.481 e. The first-order valence-electron chi connectivity index (χ1n) is 5.49. The lowest BCUT2D eigenvalue weighted by atomic mass is 9.68. The van der Waals surface area contributed by atoms with Gasteiger partial charge in [0.1, 0.15) is 0 Å². The number of anilines is 1. The maximum atomic E-state index is 11.2. The van der Waals surface area contributed by atoms with Crippen LogP contribution in [0.2, 0.25) is 0 Å². The molecule has 0 amide bonds. The fraction of sp³-hybridized carbons (Fsp3) is 0.500. The molecule has 0 unspecified atom stereocenters. The maximum Gasteiger partial charge on any atom is 0.311 e. The lowest BCUT2D eigenvalue weighted by Crippen LogP contribution is -2.46. The number of hydrogen-bond acceptors (Lipinski definition) is 3. The predicted octanol–water partition coefficient (Wildman–Crippen LogP) is 1.77. The number of aliphatic carboxylic acids is 1. The van der Waals surface area contributed by atoms with Crippen molar-refractivity contribution in [3.63, 3.8) is 0 Å². The van der Waals surface area contributed by atoms with Crippen molar-refractivity contribution in [2.24, 2.45) is 5.41 Å². The summed E-state index contributed by atoms with van der Waals surface area (Å²) in [6.45, 7) is 0.576. The van der Waals surface area contributed by atoms with Gasteiger partial charge in [0, 0.05) is 31.7 Å². The van der Waals surface area contributed by atoms with Gasteiger partial charge in [-0.2, -0.15) is 0 Å². The molecular weight excluding hydrogens is 204 g/mol. The molecule has 0 spiro atoms. The van der Waals surface area contributed by atoms with Gasteiger partial charge in [0.2, 0.25) is 0 Å². The van der Waals surface area contributed by atoms with Crippen LogP contribution < -0.4 is 4.90 Å². The van der Waals surface area contributed by atoms with Crippen LogP contribution in [0.25, 0.3) is 0 Å². The Hall–Kier alpha value is -1.58. The average molecular weight is 220 g/mol. The molecule has 4 nitrogen and oxygen atoms in total. The second kappa shape index (κ2) is 4.12. The Labute approximate surface area is 94.9 Å². The van der Waals surface area contributed by atoms with E-state index in [2.05, 4.69) is 4.98 Å². The zero-order chi connectivity index (χ0) is 11.6. The van der Waals surface area contributed by atoms with E-state index in [1.54, 1.807) is 12.4 Å². The van der Waals surface area contributed by atoms with Gasteiger partial charge in [-0.1, -0.05) is 6.42 Å². The molecular formula is C12H16N2O2. The van der Waals surface area contributed by atoms with Crippen molar-refractivity contribution in [3.05, 3.63) is 24.5 Å². The van der Waals surface area contributed by atoms with Gasteiger partial charge in [-0.25, -0.2) is 0 Å². The van der Waals surface area contributed by atoms with Crippen molar-refractivity contribution in [1.82, 2.24) is 4.98 Å². The van der Waals surface area contributed by atoms with E-state index in [-0.39, 0.29) is 0 Å². The summed E-state index contributed by atoms with van der Waals surface area (Å²) in [7, 11) is 1.93. The van der Waals surface area contributed by atoms with Crippen molar-refractivity contribution in [3.8, 4) is 0 Å².